The van der Waals surface area contributed by atoms with Gasteiger partial charge in [-0.3, -0.25) is 4.98 Å². The van der Waals surface area contributed by atoms with Crippen molar-refractivity contribution in [3.8, 4) is 5.69 Å². The maximum atomic E-state index is 4.81. The highest BCUT2D eigenvalue weighted by Crippen LogP contribution is 2.30. The highest BCUT2D eigenvalue weighted by atomic mass is 15.3. The minimum atomic E-state index is 0.0538. The molecule has 2 aromatic heterocycles. The summed E-state index contributed by atoms with van der Waals surface area (Å²) in [5.74, 6) is 0. The minimum Gasteiger partial charge on any atom is -0.265 e. The van der Waals surface area contributed by atoms with E-state index in [1.807, 2.05) is 16.8 Å². The second-order valence-electron chi connectivity index (χ2n) is 7.03. The van der Waals surface area contributed by atoms with Crippen LogP contribution in [0.5, 0.6) is 0 Å². The molecule has 0 unspecified atom stereocenters. The molecule has 0 aromatic carbocycles. The van der Waals surface area contributed by atoms with Gasteiger partial charge in [-0.15, -0.1) is 0 Å². The van der Waals surface area contributed by atoms with Crippen molar-refractivity contribution in [2.24, 2.45) is 0 Å². The van der Waals surface area contributed by atoms with Gasteiger partial charge in [0.05, 0.1) is 11.4 Å². The molecule has 3 nitrogen and oxygen atoms in total. The van der Waals surface area contributed by atoms with Crippen molar-refractivity contribution in [1.29, 1.82) is 0 Å². The third-order valence-corrected chi connectivity index (χ3v) is 3.15. The Bertz CT molecular complexity index is 554. The van der Waals surface area contributed by atoms with Gasteiger partial charge in [-0.25, -0.2) is 4.68 Å². The highest BCUT2D eigenvalue weighted by molar-refractivity contribution is 5.35. The minimum absolute atomic E-state index is 0.0538. The first-order valence-electron chi connectivity index (χ1n) is 6.71. The maximum Gasteiger partial charge on any atom is 0.0685 e. The van der Waals surface area contributed by atoms with Crippen LogP contribution in [0.3, 0.4) is 0 Å². The summed E-state index contributed by atoms with van der Waals surface area (Å²) in [6.07, 6.45) is 3.61. The molecule has 0 saturated carbocycles. The molecule has 2 heterocycles. The second kappa shape index (κ2) is 4.48. The molecule has 0 amide bonds. The molecule has 0 spiro atoms. The molecule has 0 aliphatic carbocycles. The Balaban J connectivity index is 2.63. The molecular weight excluding hydrogens is 234 g/mol. The van der Waals surface area contributed by atoms with Gasteiger partial charge in [0, 0.05) is 28.9 Å². The van der Waals surface area contributed by atoms with Crippen molar-refractivity contribution in [2.75, 3.05) is 0 Å². The summed E-state index contributed by atoms with van der Waals surface area (Å²) in [4.78, 5) is 4.08. The van der Waals surface area contributed by atoms with E-state index >= 15 is 0 Å². The van der Waals surface area contributed by atoms with Crippen LogP contribution >= 0.6 is 0 Å². The van der Waals surface area contributed by atoms with Gasteiger partial charge in [0.25, 0.3) is 0 Å². The van der Waals surface area contributed by atoms with Crippen molar-refractivity contribution < 1.29 is 0 Å². The lowest BCUT2D eigenvalue weighted by atomic mass is 9.88. The quantitative estimate of drug-likeness (QED) is 0.776. The highest BCUT2D eigenvalue weighted by Gasteiger charge is 2.26. The molecule has 0 bridgehead atoms. The molecule has 0 radical (unpaired) electrons. The molecule has 0 N–H and O–H groups in total. The van der Waals surface area contributed by atoms with Crippen LogP contribution in [0.25, 0.3) is 5.69 Å². The van der Waals surface area contributed by atoms with E-state index in [4.69, 9.17) is 5.10 Å². The Morgan fingerprint density at radius 3 is 1.95 bits per heavy atom. The molecule has 0 aliphatic rings. The summed E-state index contributed by atoms with van der Waals surface area (Å²) >= 11 is 0. The van der Waals surface area contributed by atoms with Crippen molar-refractivity contribution in [1.82, 2.24) is 14.8 Å². The number of nitrogens with zero attached hydrogens (tertiary/aromatic N) is 3. The van der Waals surface area contributed by atoms with Crippen LogP contribution < -0.4 is 0 Å². The van der Waals surface area contributed by atoms with Gasteiger partial charge in [-0.2, -0.15) is 5.10 Å². The Labute approximate surface area is 115 Å². The molecule has 19 heavy (non-hydrogen) atoms. The largest absolute Gasteiger partial charge is 0.265 e. The van der Waals surface area contributed by atoms with Crippen LogP contribution in [0, 0.1) is 0 Å². The zero-order valence-electron chi connectivity index (χ0n) is 12.7. The summed E-state index contributed by atoms with van der Waals surface area (Å²) < 4.78 is 2.04. The van der Waals surface area contributed by atoms with Crippen molar-refractivity contribution in [2.45, 2.75) is 52.4 Å². The number of aromatic nitrogens is 3. The summed E-state index contributed by atoms with van der Waals surface area (Å²) in [5.41, 5.74) is 3.52. The summed E-state index contributed by atoms with van der Waals surface area (Å²) in [6, 6.07) is 6.21. The van der Waals surface area contributed by atoms with Crippen molar-refractivity contribution in [3.63, 3.8) is 0 Å². The fourth-order valence-corrected chi connectivity index (χ4v) is 1.96. The fraction of sp³-hybridized carbons (Fsp3) is 0.500. The normalized spacial score (nSPS) is 12.7. The number of hydrogen-bond donors (Lipinski definition) is 0. The molecule has 2 aromatic rings. The smallest absolute Gasteiger partial charge is 0.0685 e. The van der Waals surface area contributed by atoms with Crippen LogP contribution in [0.4, 0.5) is 0 Å². The van der Waals surface area contributed by atoms with Crippen LogP contribution in [-0.4, -0.2) is 14.8 Å². The Morgan fingerprint density at radius 1 is 0.895 bits per heavy atom. The zero-order chi connectivity index (χ0) is 14.3. The molecular formula is C16H23N3. The topological polar surface area (TPSA) is 30.7 Å². The first kappa shape index (κ1) is 13.8. The third kappa shape index (κ3) is 2.86. The lowest BCUT2D eigenvalue weighted by Crippen LogP contribution is -2.17. The monoisotopic (exact) mass is 257 g/mol. The Hall–Kier alpha value is -1.64. The van der Waals surface area contributed by atoms with E-state index in [0.717, 1.165) is 11.4 Å². The molecule has 0 aliphatic heterocycles. The van der Waals surface area contributed by atoms with E-state index < -0.39 is 0 Å². The average Bonchev–Trinajstić information content (AvgIpc) is 2.74. The van der Waals surface area contributed by atoms with Crippen molar-refractivity contribution in [3.05, 3.63) is 42.0 Å². The standard InChI is InChI=1S/C16H23N3/c1-15(2,3)13-11-14(16(4,5)6)19(18-13)12-7-9-17-10-8-12/h7-11H,1-6H3. The van der Waals surface area contributed by atoms with Gasteiger partial charge in [0.1, 0.15) is 0 Å². The fourth-order valence-electron chi connectivity index (χ4n) is 1.96. The third-order valence-electron chi connectivity index (χ3n) is 3.15. The predicted molar refractivity (Wildman–Crippen MR) is 78.8 cm³/mol. The predicted octanol–water partition coefficient (Wildman–Crippen LogP) is 3.86. The first-order chi connectivity index (χ1) is 8.69. The van der Waals surface area contributed by atoms with Gasteiger partial charge < -0.3 is 0 Å². The van der Waals surface area contributed by atoms with Gasteiger partial charge in [-0.05, 0) is 18.2 Å². The lowest BCUT2D eigenvalue weighted by Gasteiger charge is -2.20. The summed E-state index contributed by atoms with van der Waals surface area (Å²) in [5, 5.41) is 4.81. The van der Waals surface area contributed by atoms with Gasteiger partial charge in [-0.1, -0.05) is 41.5 Å². The van der Waals surface area contributed by atoms with E-state index in [2.05, 4.69) is 52.6 Å². The van der Waals surface area contributed by atoms with E-state index in [9.17, 15) is 0 Å². The summed E-state index contributed by atoms with van der Waals surface area (Å²) in [6.45, 7) is 13.2. The van der Waals surface area contributed by atoms with Gasteiger partial charge in [0.2, 0.25) is 0 Å². The second-order valence-corrected chi connectivity index (χ2v) is 7.03. The number of hydrogen-bond acceptors (Lipinski definition) is 2. The summed E-state index contributed by atoms with van der Waals surface area (Å²) in [7, 11) is 0. The van der Waals surface area contributed by atoms with E-state index in [1.54, 1.807) is 12.4 Å². The molecule has 102 valence electrons. The SMILES string of the molecule is CC(C)(C)c1cc(C(C)(C)C)n(-c2ccncc2)n1. The number of rotatable bonds is 1. The van der Waals surface area contributed by atoms with Gasteiger partial charge >= 0.3 is 0 Å². The van der Waals surface area contributed by atoms with Crippen LogP contribution in [0.2, 0.25) is 0 Å². The lowest BCUT2D eigenvalue weighted by molar-refractivity contribution is 0.537. The molecule has 0 saturated heterocycles. The Kier molecular flexibility index (Phi) is 3.25. The number of pyridine rings is 1. The van der Waals surface area contributed by atoms with E-state index in [0.29, 0.717) is 0 Å². The zero-order valence-corrected chi connectivity index (χ0v) is 12.7. The van der Waals surface area contributed by atoms with E-state index in [1.165, 1.54) is 5.69 Å². The molecule has 2 rings (SSSR count). The van der Waals surface area contributed by atoms with Crippen LogP contribution in [0.1, 0.15) is 52.9 Å². The Morgan fingerprint density at radius 2 is 1.47 bits per heavy atom. The molecule has 3 heteroatoms. The van der Waals surface area contributed by atoms with Gasteiger partial charge in [0.15, 0.2) is 0 Å². The molecule has 0 atom stereocenters. The first-order valence-corrected chi connectivity index (χ1v) is 6.71. The van der Waals surface area contributed by atoms with Crippen LogP contribution in [0.15, 0.2) is 30.6 Å². The van der Waals surface area contributed by atoms with Crippen molar-refractivity contribution >= 4 is 0 Å². The molecule has 0 fully saturated rings. The maximum absolute atomic E-state index is 4.81. The van der Waals surface area contributed by atoms with Crippen LogP contribution in [-0.2, 0) is 10.8 Å². The van der Waals surface area contributed by atoms with E-state index in [-0.39, 0.29) is 10.8 Å². The average molecular weight is 257 g/mol.